The Morgan fingerprint density at radius 1 is 1.09 bits per heavy atom. The van der Waals surface area contributed by atoms with E-state index in [2.05, 4.69) is 39.0 Å². The van der Waals surface area contributed by atoms with Crippen molar-refractivity contribution >= 4 is 45.9 Å². The van der Waals surface area contributed by atoms with Gasteiger partial charge < -0.3 is 10.1 Å². The molecular weight excluding hydrogens is 597 g/mol. The summed E-state index contributed by atoms with van der Waals surface area (Å²) in [5.41, 5.74) is 4.33. The number of nitrogens with one attached hydrogen (secondary N) is 1. The van der Waals surface area contributed by atoms with Crippen molar-refractivity contribution in [2.75, 3.05) is 17.2 Å². The van der Waals surface area contributed by atoms with Crippen LogP contribution in [0.5, 0.6) is 5.75 Å². The number of ether oxygens (including phenoxy) is 1. The lowest BCUT2D eigenvalue weighted by atomic mass is 10.0. The number of hydrogen-bond donors (Lipinski definition) is 1. The van der Waals surface area contributed by atoms with Gasteiger partial charge in [-0.3, -0.25) is 9.69 Å². The predicted molar refractivity (Wildman–Crippen MR) is 166 cm³/mol. The molecule has 1 fully saturated rings. The second kappa shape index (κ2) is 13.0. The zero-order valence-electron chi connectivity index (χ0n) is 23.2. The van der Waals surface area contributed by atoms with Gasteiger partial charge in [0.05, 0.1) is 17.1 Å². The molecule has 1 aliphatic rings. The number of benzene rings is 3. The number of aliphatic imine (C=N–C) groups is 1. The highest BCUT2D eigenvalue weighted by molar-refractivity contribution is 8.15. The summed E-state index contributed by atoms with van der Waals surface area (Å²) < 4.78 is 42.6. The molecule has 0 saturated carbocycles. The Bertz CT molecular complexity index is 1640. The molecule has 3 aromatic carbocycles. The van der Waals surface area contributed by atoms with Gasteiger partial charge in [-0.1, -0.05) is 62.0 Å². The highest BCUT2D eigenvalue weighted by atomic mass is 32.2. The fourth-order valence-electron chi connectivity index (χ4n) is 4.30. The van der Waals surface area contributed by atoms with E-state index in [0.29, 0.717) is 46.4 Å². The summed E-state index contributed by atoms with van der Waals surface area (Å²) in [7, 11) is 0. The second-order valence-corrected chi connectivity index (χ2v) is 11.2. The zero-order valence-corrected chi connectivity index (χ0v) is 24.8. The number of rotatable bonds is 8. The molecule has 8 nitrogen and oxygen atoms in total. The Morgan fingerprint density at radius 2 is 1.84 bits per heavy atom. The van der Waals surface area contributed by atoms with Crippen LogP contribution in [0.1, 0.15) is 30.9 Å². The summed E-state index contributed by atoms with van der Waals surface area (Å²) in [5, 5.41) is 8.46. The number of carbonyl (C=O) groups is 1. The van der Waals surface area contributed by atoms with Gasteiger partial charge in [-0.25, -0.2) is 9.67 Å². The van der Waals surface area contributed by atoms with Crippen molar-refractivity contribution in [3.05, 3.63) is 90.3 Å². The molecule has 222 valence electrons. The average Bonchev–Trinajstić information content (AvgIpc) is 3.60. The largest absolute Gasteiger partial charge is 0.573 e. The first-order valence-electron chi connectivity index (χ1n) is 13.3. The third kappa shape index (κ3) is 7.79. The van der Waals surface area contributed by atoms with Gasteiger partial charge in [-0.2, -0.15) is 4.99 Å². The fraction of sp³-hybridized carbons (Fsp3) is 0.233. The normalized spacial score (nSPS) is 14.5. The molecule has 0 radical (unpaired) electrons. The Hall–Kier alpha value is -4.23. The lowest BCUT2D eigenvalue weighted by Gasteiger charge is -2.18. The van der Waals surface area contributed by atoms with E-state index >= 15 is 0 Å². The van der Waals surface area contributed by atoms with Gasteiger partial charge in [-0.05, 0) is 72.1 Å². The molecular formula is C30H27F3N6O2S2. The summed E-state index contributed by atoms with van der Waals surface area (Å²) in [4.78, 5) is 23.1. The Labute approximate surface area is 256 Å². The number of alkyl halides is 3. The van der Waals surface area contributed by atoms with Crippen molar-refractivity contribution in [2.24, 2.45) is 4.99 Å². The topological polar surface area (TPSA) is 84.6 Å². The quantitative estimate of drug-likeness (QED) is 0.224. The lowest BCUT2D eigenvalue weighted by Crippen LogP contribution is -2.31. The number of halogens is 3. The monoisotopic (exact) mass is 624 g/mol. The van der Waals surface area contributed by atoms with Gasteiger partial charge in [-0.15, -0.1) is 18.3 Å². The van der Waals surface area contributed by atoms with Gasteiger partial charge in [0, 0.05) is 12.1 Å². The minimum Gasteiger partial charge on any atom is -0.406 e. The summed E-state index contributed by atoms with van der Waals surface area (Å²) in [5.74, 6) is 0.796. The van der Waals surface area contributed by atoms with Crippen LogP contribution in [0.15, 0.2) is 84.1 Å². The summed E-state index contributed by atoms with van der Waals surface area (Å²) in [6, 6.07) is 21.0. The van der Waals surface area contributed by atoms with E-state index < -0.39 is 6.36 Å². The maximum atomic E-state index is 12.6. The maximum absolute atomic E-state index is 12.6. The van der Waals surface area contributed by atoms with Crippen molar-refractivity contribution < 1.29 is 22.7 Å². The average molecular weight is 625 g/mol. The molecule has 1 saturated heterocycles. The molecule has 43 heavy (non-hydrogen) atoms. The first-order valence-corrected chi connectivity index (χ1v) is 14.7. The van der Waals surface area contributed by atoms with E-state index in [1.807, 2.05) is 48.5 Å². The van der Waals surface area contributed by atoms with Gasteiger partial charge in [0.2, 0.25) is 5.91 Å². The molecule has 5 rings (SSSR count). The first-order chi connectivity index (χ1) is 20.6. The predicted octanol–water partition coefficient (Wildman–Crippen LogP) is 6.51. The number of thioether (sulfide) groups is 1. The van der Waals surface area contributed by atoms with E-state index in [4.69, 9.17) is 12.2 Å². The van der Waals surface area contributed by atoms with Crippen LogP contribution >= 0.6 is 24.0 Å². The third-order valence-corrected chi connectivity index (χ3v) is 7.65. The number of hydrogen-bond acceptors (Lipinski definition) is 6. The van der Waals surface area contributed by atoms with Crippen LogP contribution in [-0.4, -0.2) is 49.6 Å². The van der Waals surface area contributed by atoms with Crippen molar-refractivity contribution in [3.8, 4) is 22.8 Å². The molecule has 0 aliphatic carbocycles. The molecule has 1 amide bonds. The smallest absolute Gasteiger partial charge is 0.406 e. The minimum absolute atomic E-state index is 0.0275. The molecule has 1 N–H and O–H groups in total. The van der Waals surface area contributed by atoms with Crippen LogP contribution < -0.4 is 15.0 Å². The van der Waals surface area contributed by atoms with Crippen molar-refractivity contribution in [2.45, 2.75) is 32.5 Å². The number of anilines is 1. The van der Waals surface area contributed by atoms with Crippen LogP contribution in [0.2, 0.25) is 0 Å². The van der Waals surface area contributed by atoms with Crippen LogP contribution in [-0.2, 0) is 11.2 Å². The molecule has 0 atom stereocenters. The summed E-state index contributed by atoms with van der Waals surface area (Å²) >= 11 is 6.81. The zero-order chi connectivity index (χ0) is 30.6. The molecule has 1 aliphatic heterocycles. The molecule has 13 heteroatoms. The number of aromatic nitrogens is 3. The van der Waals surface area contributed by atoms with E-state index in [0.717, 1.165) is 22.4 Å². The molecule has 0 spiro atoms. The van der Waals surface area contributed by atoms with Gasteiger partial charge in [0.15, 0.2) is 16.1 Å². The number of carbonyl (C=O) groups excluding carboxylic acids is 1. The second-order valence-electron chi connectivity index (χ2n) is 9.90. The SMILES string of the molecule is CC(C)c1cccc(N2C(=O)CS/C2=N\C(=S)NCCc2ccc(-c3ncn(-c4ccc(OC(F)(F)F)cc4)n3)cc2)c1. The van der Waals surface area contributed by atoms with E-state index in [9.17, 15) is 18.0 Å². The van der Waals surface area contributed by atoms with Gasteiger partial charge in [0.25, 0.3) is 0 Å². The summed E-state index contributed by atoms with van der Waals surface area (Å²) in [6.45, 7) is 4.77. The third-order valence-electron chi connectivity index (χ3n) is 6.49. The molecule has 2 heterocycles. The molecule has 1 aromatic heterocycles. The van der Waals surface area contributed by atoms with E-state index in [1.54, 1.807) is 4.90 Å². The van der Waals surface area contributed by atoms with E-state index in [1.165, 1.54) is 47.0 Å². The van der Waals surface area contributed by atoms with E-state index in [-0.39, 0.29) is 11.7 Å². The van der Waals surface area contributed by atoms with Gasteiger partial charge in [0.1, 0.15) is 12.1 Å². The van der Waals surface area contributed by atoms with Crippen LogP contribution in [0.25, 0.3) is 17.1 Å². The number of amides is 1. The van der Waals surface area contributed by atoms with Crippen LogP contribution in [0, 0.1) is 0 Å². The Kier molecular flexibility index (Phi) is 9.11. The van der Waals surface area contributed by atoms with Gasteiger partial charge >= 0.3 is 6.36 Å². The highest BCUT2D eigenvalue weighted by Gasteiger charge is 2.31. The van der Waals surface area contributed by atoms with Crippen LogP contribution in [0.3, 0.4) is 0 Å². The van der Waals surface area contributed by atoms with Crippen LogP contribution in [0.4, 0.5) is 18.9 Å². The standard InChI is InChI=1S/C30H27F3N6O2S2/c1-19(2)22-4-3-5-24(16-22)39-26(40)17-43-29(39)36-28(42)34-15-14-20-6-8-21(9-7-20)27-35-18-38(37-27)23-10-12-25(13-11-23)41-30(31,32)33/h3-13,16,18-19H,14-15,17H2,1-2H3,(H,34,42)/b36-29-. The fourth-order valence-corrected chi connectivity index (χ4v) is 5.42. The van der Waals surface area contributed by atoms with Crippen molar-refractivity contribution in [3.63, 3.8) is 0 Å². The summed E-state index contributed by atoms with van der Waals surface area (Å²) in [6.07, 6.45) is -2.57. The minimum atomic E-state index is -4.75. The number of thiocarbonyl (C=S) groups is 1. The Balaban J connectivity index is 1.15. The highest BCUT2D eigenvalue weighted by Crippen LogP contribution is 2.29. The molecule has 0 bridgehead atoms. The number of amidine groups is 1. The van der Waals surface area contributed by atoms with Crippen molar-refractivity contribution in [1.29, 1.82) is 0 Å². The first kappa shape index (κ1) is 30.2. The molecule has 4 aromatic rings. The molecule has 0 unspecified atom stereocenters. The Morgan fingerprint density at radius 3 is 2.53 bits per heavy atom. The maximum Gasteiger partial charge on any atom is 0.573 e. The number of nitrogens with zero attached hydrogens (tertiary/aromatic N) is 5. The lowest BCUT2D eigenvalue weighted by molar-refractivity contribution is -0.274. The van der Waals surface area contributed by atoms with Crippen molar-refractivity contribution in [1.82, 2.24) is 20.1 Å².